The molecule has 0 rings (SSSR count). The summed E-state index contributed by atoms with van der Waals surface area (Å²) >= 11 is 0. The highest BCUT2D eigenvalue weighted by Crippen LogP contribution is 2.43. The zero-order valence-electron chi connectivity index (χ0n) is 36.3. The molecule has 0 aliphatic rings. The lowest BCUT2D eigenvalue weighted by molar-refractivity contribution is -0.161. The van der Waals surface area contributed by atoms with Gasteiger partial charge in [-0.25, -0.2) is 4.57 Å². The van der Waals surface area contributed by atoms with Gasteiger partial charge in [0, 0.05) is 12.8 Å². The Morgan fingerprint density at radius 1 is 0.544 bits per heavy atom. The summed E-state index contributed by atoms with van der Waals surface area (Å²) in [6, 6.07) is 0. The molecule has 57 heavy (non-hydrogen) atoms. The number of phosphoric ester groups is 1. The Bertz CT molecular complexity index is 1050. The first-order valence-electron chi connectivity index (χ1n) is 22.9. The van der Waals surface area contributed by atoms with Crippen LogP contribution in [0.1, 0.15) is 206 Å². The lowest BCUT2D eigenvalue weighted by Crippen LogP contribution is -2.29. The Balaban J connectivity index is 4.19. The van der Waals surface area contributed by atoms with E-state index in [0.29, 0.717) is 12.8 Å². The Morgan fingerprint density at radius 2 is 0.965 bits per heavy atom. The Morgan fingerprint density at radius 3 is 1.46 bits per heavy atom. The molecule has 0 aromatic heterocycles. The van der Waals surface area contributed by atoms with Crippen LogP contribution < -0.4 is 0 Å². The van der Waals surface area contributed by atoms with Crippen molar-refractivity contribution >= 4 is 19.8 Å². The number of allylic oxidation sites excluding steroid dienone is 6. The number of aliphatic hydroxyl groups is 2. The third-order valence-corrected chi connectivity index (χ3v) is 10.8. The standard InChI is InChI=1S/C46H85O10P/c1-3-5-7-9-11-13-15-17-18-19-20-21-22-23-24-26-27-29-31-33-35-37-45(49)53-41-44(42-55-57(51,52)54-40-43(48)39-47)56-46(50)38-36-34-32-30-28-25-16-14-12-10-8-6-4-2/h6,8,12,14,25,28,43-44,47-48H,3-5,7,9-11,13,15-24,26-27,29-42H2,1-2H3,(H,51,52)/b8-6-,14-12-,28-25-. The van der Waals surface area contributed by atoms with Crippen LogP contribution >= 0.6 is 7.82 Å². The first-order valence-corrected chi connectivity index (χ1v) is 24.4. The topological polar surface area (TPSA) is 149 Å². The summed E-state index contributed by atoms with van der Waals surface area (Å²) in [5.41, 5.74) is 0. The molecular formula is C46H85O10P. The normalized spacial score (nSPS) is 14.1. The van der Waals surface area contributed by atoms with Gasteiger partial charge in [-0.3, -0.25) is 18.6 Å². The largest absolute Gasteiger partial charge is 0.472 e. The van der Waals surface area contributed by atoms with Gasteiger partial charge < -0.3 is 24.6 Å². The maximum atomic E-state index is 12.6. The van der Waals surface area contributed by atoms with Crippen LogP contribution in [0, 0.1) is 0 Å². The van der Waals surface area contributed by atoms with Gasteiger partial charge in [0.2, 0.25) is 0 Å². The van der Waals surface area contributed by atoms with Crippen LogP contribution in [0.2, 0.25) is 0 Å². The number of ether oxygens (including phenoxy) is 2. The van der Waals surface area contributed by atoms with Gasteiger partial charge in [-0.2, -0.15) is 0 Å². The van der Waals surface area contributed by atoms with E-state index in [1.807, 2.05) is 0 Å². The number of carbonyl (C=O) groups is 2. The van der Waals surface area contributed by atoms with Crippen LogP contribution in [-0.4, -0.2) is 65.7 Å². The van der Waals surface area contributed by atoms with Gasteiger partial charge in [0.25, 0.3) is 0 Å². The van der Waals surface area contributed by atoms with E-state index in [1.54, 1.807) is 0 Å². The molecular weight excluding hydrogens is 743 g/mol. The molecule has 334 valence electrons. The molecule has 0 saturated heterocycles. The minimum absolute atomic E-state index is 0.150. The smallest absolute Gasteiger partial charge is 0.462 e. The summed E-state index contributed by atoms with van der Waals surface area (Å²) in [7, 11) is -4.62. The maximum Gasteiger partial charge on any atom is 0.472 e. The number of hydrogen-bond acceptors (Lipinski definition) is 9. The van der Waals surface area contributed by atoms with E-state index in [2.05, 4.69) is 54.8 Å². The van der Waals surface area contributed by atoms with Crippen molar-refractivity contribution < 1.29 is 47.8 Å². The summed E-state index contributed by atoms with van der Waals surface area (Å²) < 4.78 is 32.7. The lowest BCUT2D eigenvalue weighted by atomic mass is 10.0. The molecule has 3 unspecified atom stereocenters. The van der Waals surface area contributed by atoms with Crippen LogP contribution in [-0.2, 0) is 32.7 Å². The highest BCUT2D eigenvalue weighted by molar-refractivity contribution is 7.47. The first kappa shape index (κ1) is 55.2. The Hall–Kier alpha value is -1.81. The number of rotatable bonds is 43. The Labute approximate surface area is 348 Å². The minimum atomic E-state index is -4.62. The second-order valence-corrected chi connectivity index (χ2v) is 16.9. The van der Waals surface area contributed by atoms with Crippen molar-refractivity contribution in [2.24, 2.45) is 0 Å². The van der Waals surface area contributed by atoms with E-state index in [9.17, 15) is 24.2 Å². The zero-order valence-corrected chi connectivity index (χ0v) is 37.2. The fraction of sp³-hybridized carbons (Fsp3) is 0.826. The van der Waals surface area contributed by atoms with Gasteiger partial charge in [-0.15, -0.1) is 0 Å². The van der Waals surface area contributed by atoms with Gasteiger partial charge in [-0.1, -0.05) is 185 Å². The molecule has 0 bridgehead atoms. The summed E-state index contributed by atoms with van der Waals surface area (Å²) in [4.78, 5) is 35.0. The van der Waals surface area contributed by atoms with E-state index < -0.39 is 51.8 Å². The van der Waals surface area contributed by atoms with Crippen LogP contribution in [0.3, 0.4) is 0 Å². The first-order chi connectivity index (χ1) is 27.7. The van der Waals surface area contributed by atoms with Crippen molar-refractivity contribution in [3.8, 4) is 0 Å². The fourth-order valence-electron chi connectivity index (χ4n) is 6.30. The predicted octanol–water partition coefficient (Wildman–Crippen LogP) is 12.3. The third kappa shape index (κ3) is 42.1. The molecule has 3 atom stereocenters. The van der Waals surface area contributed by atoms with Gasteiger partial charge in [0.1, 0.15) is 12.7 Å². The number of esters is 2. The van der Waals surface area contributed by atoms with Gasteiger partial charge in [-0.05, 0) is 44.9 Å². The van der Waals surface area contributed by atoms with Crippen molar-refractivity contribution in [3.63, 3.8) is 0 Å². The molecule has 0 aliphatic heterocycles. The molecule has 0 saturated carbocycles. The lowest BCUT2D eigenvalue weighted by Gasteiger charge is -2.20. The zero-order chi connectivity index (χ0) is 41.9. The average molecular weight is 829 g/mol. The Kier molecular flexibility index (Phi) is 41.0. The molecule has 0 amide bonds. The van der Waals surface area contributed by atoms with Crippen LogP contribution in [0.4, 0.5) is 0 Å². The second-order valence-electron chi connectivity index (χ2n) is 15.4. The number of phosphoric acid groups is 1. The second kappa shape index (κ2) is 42.3. The average Bonchev–Trinajstić information content (AvgIpc) is 3.20. The van der Waals surface area contributed by atoms with Gasteiger partial charge >= 0.3 is 19.8 Å². The SMILES string of the molecule is CC/C=C\C/C=C\C/C=C\CCCCCC(=O)OC(COC(=O)CCCCCCCCCCCCCCCCCCCCCCC)COP(=O)(O)OCC(O)CO. The highest BCUT2D eigenvalue weighted by atomic mass is 31.2. The molecule has 0 aromatic rings. The summed E-state index contributed by atoms with van der Waals surface area (Å²) in [6.07, 6.45) is 44.1. The monoisotopic (exact) mass is 829 g/mol. The summed E-state index contributed by atoms with van der Waals surface area (Å²) in [5.74, 6) is -0.952. The molecule has 0 aromatic carbocycles. The minimum Gasteiger partial charge on any atom is -0.462 e. The highest BCUT2D eigenvalue weighted by Gasteiger charge is 2.27. The quantitative estimate of drug-likeness (QED) is 0.0235. The molecule has 0 aliphatic carbocycles. The van der Waals surface area contributed by atoms with Crippen molar-refractivity contribution in [2.45, 2.75) is 219 Å². The van der Waals surface area contributed by atoms with Crippen molar-refractivity contribution in [1.29, 1.82) is 0 Å². The van der Waals surface area contributed by atoms with Crippen molar-refractivity contribution in [3.05, 3.63) is 36.5 Å². The predicted molar refractivity (Wildman–Crippen MR) is 233 cm³/mol. The number of aliphatic hydroxyl groups excluding tert-OH is 2. The van der Waals surface area contributed by atoms with E-state index in [4.69, 9.17) is 19.1 Å². The summed E-state index contributed by atoms with van der Waals surface area (Å²) in [6.45, 7) is 2.25. The number of hydrogen-bond donors (Lipinski definition) is 3. The fourth-order valence-corrected chi connectivity index (χ4v) is 7.09. The van der Waals surface area contributed by atoms with Crippen LogP contribution in [0.5, 0.6) is 0 Å². The number of carbonyl (C=O) groups excluding carboxylic acids is 2. The molecule has 0 radical (unpaired) electrons. The third-order valence-electron chi connectivity index (χ3n) is 9.81. The van der Waals surface area contributed by atoms with Crippen LogP contribution in [0.15, 0.2) is 36.5 Å². The van der Waals surface area contributed by atoms with Crippen molar-refractivity contribution in [2.75, 3.05) is 26.4 Å². The molecule has 3 N–H and O–H groups in total. The van der Waals surface area contributed by atoms with E-state index >= 15 is 0 Å². The molecule has 0 heterocycles. The maximum absolute atomic E-state index is 12.6. The van der Waals surface area contributed by atoms with E-state index in [1.165, 1.54) is 109 Å². The van der Waals surface area contributed by atoms with Crippen molar-refractivity contribution in [1.82, 2.24) is 0 Å². The molecule has 10 nitrogen and oxygen atoms in total. The molecule has 0 fully saturated rings. The van der Waals surface area contributed by atoms with Gasteiger partial charge in [0.15, 0.2) is 6.10 Å². The molecule has 0 spiro atoms. The summed E-state index contributed by atoms with van der Waals surface area (Å²) in [5, 5.41) is 18.3. The van der Waals surface area contributed by atoms with E-state index in [-0.39, 0.29) is 19.4 Å². The van der Waals surface area contributed by atoms with Crippen LogP contribution in [0.25, 0.3) is 0 Å². The number of unbranched alkanes of at least 4 members (excludes halogenated alkanes) is 23. The molecule has 11 heteroatoms. The van der Waals surface area contributed by atoms with E-state index in [0.717, 1.165) is 57.8 Å². The van der Waals surface area contributed by atoms with Gasteiger partial charge in [0.05, 0.1) is 19.8 Å².